The zero-order valence-electron chi connectivity index (χ0n) is 11.0. The van der Waals surface area contributed by atoms with Crippen LogP contribution >= 0.6 is 0 Å². The van der Waals surface area contributed by atoms with Gasteiger partial charge in [-0.1, -0.05) is 6.92 Å². The van der Waals surface area contributed by atoms with Crippen molar-refractivity contribution in [3.8, 4) is 0 Å². The average Bonchev–Trinajstić information content (AvgIpc) is 2.80. The Balaban J connectivity index is 2.34. The van der Waals surface area contributed by atoms with Crippen LogP contribution in [0.4, 0.5) is 0 Å². The van der Waals surface area contributed by atoms with Gasteiger partial charge >= 0.3 is 0 Å². The number of rotatable bonds is 3. The van der Waals surface area contributed by atoms with Crippen molar-refractivity contribution in [2.45, 2.75) is 39.3 Å². The summed E-state index contributed by atoms with van der Waals surface area (Å²) in [5.74, 6) is 0.649. The summed E-state index contributed by atoms with van der Waals surface area (Å²) in [7, 11) is 1.96. The Morgan fingerprint density at radius 2 is 2.24 bits per heavy atom. The lowest BCUT2D eigenvalue weighted by Gasteiger charge is -2.30. The molecule has 0 amide bonds. The van der Waals surface area contributed by atoms with E-state index in [2.05, 4.69) is 42.0 Å². The van der Waals surface area contributed by atoms with Crippen LogP contribution in [0.2, 0.25) is 0 Å². The topological polar surface area (TPSA) is 59.4 Å². The Bertz CT molecular complexity index is 432. The summed E-state index contributed by atoms with van der Waals surface area (Å²) in [6, 6.07) is 0.606. The molecule has 0 saturated carbocycles. The third-order valence-electron chi connectivity index (χ3n) is 3.21. The summed E-state index contributed by atoms with van der Waals surface area (Å²) in [5, 5.41) is 4.49. The van der Waals surface area contributed by atoms with Crippen LogP contribution in [0.15, 0.2) is 11.2 Å². The number of guanidine groups is 1. The molecule has 2 N–H and O–H groups in total. The van der Waals surface area contributed by atoms with Crippen molar-refractivity contribution in [2.75, 3.05) is 6.54 Å². The van der Waals surface area contributed by atoms with Crippen LogP contribution in [-0.2, 0) is 13.5 Å². The minimum absolute atomic E-state index is 0.249. The molecule has 0 radical (unpaired) electrons. The molecule has 2 heterocycles. The van der Waals surface area contributed by atoms with Crippen LogP contribution in [0, 0.1) is 0 Å². The van der Waals surface area contributed by atoms with Gasteiger partial charge in [-0.15, -0.1) is 0 Å². The lowest BCUT2D eigenvalue weighted by atomic mass is 10.0. The molecule has 1 aliphatic heterocycles. The van der Waals surface area contributed by atoms with Gasteiger partial charge in [0.15, 0.2) is 5.96 Å². The quantitative estimate of drug-likeness (QED) is 0.852. The lowest BCUT2D eigenvalue weighted by Crippen LogP contribution is -2.41. The molecule has 1 aliphatic rings. The Kier molecular flexibility index (Phi) is 3.09. The SMILES string of the molecule is CCc1nn(C)cc1C1CN=C(N)N1C(C)C. The number of aryl methyl sites for hydroxylation is 2. The van der Waals surface area contributed by atoms with Gasteiger partial charge in [0, 0.05) is 24.8 Å². The number of nitrogens with two attached hydrogens (primary N) is 1. The zero-order valence-corrected chi connectivity index (χ0v) is 11.0. The molecule has 5 heteroatoms. The third-order valence-corrected chi connectivity index (χ3v) is 3.21. The summed E-state index contributed by atoms with van der Waals surface area (Å²) in [4.78, 5) is 6.54. The van der Waals surface area contributed by atoms with Crippen molar-refractivity contribution in [1.82, 2.24) is 14.7 Å². The van der Waals surface area contributed by atoms with Gasteiger partial charge in [-0.05, 0) is 20.3 Å². The maximum Gasteiger partial charge on any atom is 0.192 e. The van der Waals surface area contributed by atoms with Crippen molar-refractivity contribution < 1.29 is 0 Å². The molecule has 0 aromatic carbocycles. The van der Waals surface area contributed by atoms with E-state index < -0.39 is 0 Å². The summed E-state index contributed by atoms with van der Waals surface area (Å²) in [6.45, 7) is 7.15. The Morgan fingerprint density at radius 3 is 2.82 bits per heavy atom. The summed E-state index contributed by atoms with van der Waals surface area (Å²) in [5.41, 5.74) is 8.36. The first kappa shape index (κ1) is 12.0. The summed E-state index contributed by atoms with van der Waals surface area (Å²) < 4.78 is 1.88. The number of aromatic nitrogens is 2. The normalized spacial score (nSPS) is 20.2. The fourth-order valence-electron chi connectivity index (χ4n) is 2.49. The molecule has 17 heavy (non-hydrogen) atoms. The second-order valence-electron chi connectivity index (χ2n) is 4.77. The molecule has 0 spiro atoms. The van der Waals surface area contributed by atoms with Crippen LogP contribution < -0.4 is 5.73 Å². The van der Waals surface area contributed by atoms with E-state index in [1.54, 1.807) is 0 Å². The summed E-state index contributed by atoms with van der Waals surface area (Å²) in [6.07, 6.45) is 3.03. The molecule has 0 aliphatic carbocycles. The van der Waals surface area contributed by atoms with E-state index in [0.29, 0.717) is 12.0 Å². The molecular weight excluding hydrogens is 214 g/mol. The molecule has 1 atom stereocenters. The van der Waals surface area contributed by atoms with Crippen LogP contribution in [0.1, 0.15) is 38.1 Å². The third kappa shape index (κ3) is 2.01. The molecular formula is C12H21N5. The van der Waals surface area contributed by atoms with E-state index in [1.165, 1.54) is 5.56 Å². The maximum absolute atomic E-state index is 5.95. The van der Waals surface area contributed by atoms with E-state index in [-0.39, 0.29) is 6.04 Å². The predicted molar refractivity (Wildman–Crippen MR) is 68.8 cm³/mol. The Hall–Kier alpha value is -1.52. The minimum atomic E-state index is 0.249. The van der Waals surface area contributed by atoms with Crippen molar-refractivity contribution in [2.24, 2.45) is 17.8 Å². The van der Waals surface area contributed by atoms with Gasteiger partial charge in [0.05, 0.1) is 18.3 Å². The van der Waals surface area contributed by atoms with E-state index in [4.69, 9.17) is 5.73 Å². The number of nitrogens with zero attached hydrogens (tertiary/aromatic N) is 4. The van der Waals surface area contributed by atoms with Crippen LogP contribution in [0.5, 0.6) is 0 Å². The monoisotopic (exact) mass is 235 g/mol. The van der Waals surface area contributed by atoms with Crippen molar-refractivity contribution >= 4 is 5.96 Å². The van der Waals surface area contributed by atoms with Crippen LogP contribution in [0.3, 0.4) is 0 Å². The number of hydrogen-bond acceptors (Lipinski definition) is 4. The fraction of sp³-hybridized carbons (Fsp3) is 0.667. The number of aliphatic imine (C=N–C) groups is 1. The van der Waals surface area contributed by atoms with Gasteiger partial charge in [-0.2, -0.15) is 5.10 Å². The molecule has 1 aromatic heterocycles. The smallest absolute Gasteiger partial charge is 0.192 e. The highest BCUT2D eigenvalue weighted by Crippen LogP contribution is 2.29. The molecule has 0 bridgehead atoms. The fourth-order valence-corrected chi connectivity index (χ4v) is 2.49. The van der Waals surface area contributed by atoms with E-state index in [0.717, 1.165) is 18.7 Å². The molecule has 5 nitrogen and oxygen atoms in total. The molecule has 0 saturated heterocycles. The first-order chi connectivity index (χ1) is 8.04. The standard InChI is InChI=1S/C12H21N5/c1-5-10-9(7-16(4)15-10)11-6-14-12(13)17(11)8(2)3/h7-8,11H,5-6H2,1-4H3,(H2,13,14). The maximum atomic E-state index is 5.95. The van der Waals surface area contributed by atoms with Gasteiger partial charge in [-0.3, -0.25) is 9.67 Å². The van der Waals surface area contributed by atoms with Gasteiger partial charge in [0.2, 0.25) is 0 Å². The molecule has 94 valence electrons. The zero-order chi connectivity index (χ0) is 12.6. The molecule has 0 fully saturated rings. The Morgan fingerprint density at radius 1 is 1.53 bits per heavy atom. The molecule has 1 unspecified atom stereocenters. The first-order valence-electron chi connectivity index (χ1n) is 6.15. The van der Waals surface area contributed by atoms with Gasteiger partial charge in [0.25, 0.3) is 0 Å². The van der Waals surface area contributed by atoms with Crippen LogP contribution in [0.25, 0.3) is 0 Å². The number of hydrogen-bond donors (Lipinski definition) is 1. The predicted octanol–water partition coefficient (Wildman–Crippen LogP) is 1.06. The van der Waals surface area contributed by atoms with E-state index >= 15 is 0 Å². The average molecular weight is 235 g/mol. The summed E-state index contributed by atoms with van der Waals surface area (Å²) >= 11 is 0. The first-order valence-corrected chi connectivity index (χ1v) is 6.15. The highest BCUT2D eigenvalue weighted by Gasteiger charge is 2.31. The Labute approximate surface area is 102 Å². The highest BCUT2D eigenvalue weighted by molar-refractivity contribution is 5.80. The largest absolute Gasteiger partial charge is 0.370 e. The van der Waals surface area contributed by atoms with E-state index in [1.807, 2.05) is 11.7 Å². The van der Waals surface area contributed by atoms with Gasteiger partial charge in [0.1, 0.15) is 0 Å². The lowest BCUT2D eigenvalue weighted by molar-refractivity contribution is 0.289. The van der Waals surface area contributed by atoms with Gasteiger partial charge in [-0.25, -0.2) is 0 Å². The van der Waals surface area contributed by atoms with Crippen molar-refractivity contribution in [3.05, 3.63) is 17.5 Å². The van der Waals surface area contributed by atoms with E-state index in [9.17, 15) is 0 Å². The minimum Gasteiger partial charge on any atom is -0.370 e. The second-order valence-corrected chi connectivity index (χ2v) is 4.77. The van der Waals surface area contributed by atoms with Gasteiger partial charge < -0.3 is 10.6 Å². The van der Waals surface area contributed by atoms with Crippen LogP contribution in [-0.4, -0.2) is 33.2 Å². The second kappa shape index (κ2) is 4.39. The molecule has 2 rings (SSSR count). The molecule has 1 aromatic rings. The highest BCUT2D eigenvalue weighted by atomic mass is 15.3. The van der Waals surface area contributed by atoms with Crippen molar-refractivity contribution in [1.29, 1.82) is 0 Å². The van der Waals surface area contributed by atoms with Crippen molar-refractivity contribution in [3.63, 3.8) is 0 Å².